The molecule has 0 aliphatic rings. The van der Waals surface area contributed by atoms with Crippen molar-refractivity contribution in [2.45, 2.75) is 27.2 Å². The first-order chi connectivity index (χ1) is 7.22. The third-order valence-electron chi connectivity index (χ3n) is 2.61. The fourth-order valence-electron chi connectivity index (χ4n) is 1.89. The molecule has 0 bridgehead atoms. The molecule has 0 spiro atoms. The maximum Gasteiger partial charge on any atom is 0.0680 e. The fourth-order valence-corrected chi connectivity index (χ4v) is 1.89. The molecule has 2 aromatic rings. The maximum absolute atomic E-state index is 4.51. The minimum atomic E-state index is 1.04. The van der Waals surface area contributed by atoms with Crippen LogP contribution in [0.2, 0.25) is 0 Å². The van der Waals surface area contributed by atoms with Gasteiger partial charge in [0.05, 0.1) is 11.4 Å². The van der Waals surface area contributed by atoms with Gasteiger partial charge in [-0.25, -0.2) is 4.68 Å². The summed E-state index contributed by atoms with van der Waals surface area (Å²) in [5.41, 5.74) is 4.79. The van der Waals surface area contributed by atoms with E-state index < -0.39 is 0 Å². The molecule has 1 aromatic heterocycles. The molecule has 1 heterocycles. The predicted molar refractivity (Wildman–Crippen MR) is 62.4 cm³/mol. The third-order valence-corrected chi connectivity index (χ3v) is 2.61. The van der Waals surface area contributed by atoms with Gasteiger partial charge >= 0.3 is 0 Å². The largest absolute Gasteiger partial charge is 0.238 e. The van der Waals surface area contributed by atoms with Gasteiger partial charge in [-0.15, -0.1) is 0 Å². The van der Waals surface area contributed by atoms with Crippen molar-refractivity contribution in [2.24, 2.45) is 0 Å². The van der Waals surface area contributed by atoms with Crippen molar-refractivity contribution in [1.82, 2.24) is 9.78 Å². The van der Waals surface area contributed by atoms with E-state index in [1.807, 2.05) is 11.6 Å². The molecule has 1 aromatic carbocycles. The van der Waals surface area contributed by atoms with E-state index in [9.17, 15) is 0 Å². The molecular weight excluding hydrogens is 184 g/mol. The van der Waals surface area contributed by atoms with Crippen molar-refractivity contribution in [2.75, 3.05) is 0 Å². The van der Waals surface area contributed by atoms with Gasteiger partial charge in [-0.05, 0) is 38.0 Å². The number of hydrogen-bond acceptors (Lipinski definition) is 1. The van der Waals surface area contributed by atoms with Crippen molar-refractivity contribution in [3.8, 4) is 5.69 Å². The Hall–Kier alpha value is -1.57. The van der Waals surface area contributed by atoms with E-state index in [0.29, 0.717) is 0 Å². The lowest BCUT2D eigenvalue weighted by atomic mass is 10.1. The zero-order chi connectivity index (χ0) is 10.8. The van der Waals surface area contributed by atoms with Crippen LogP contribution in [0.4, 0.5) is 0 Å². The monoisotopic (exact) mass is 200 g/mol. The predicted octanol–water partition coefficient (Wildman–Crippen LogP) is 3.05. The number of benzene rings is 1. The topological polar surface area (TPSA) is 17.8 Å². The standard InChI is InChI=1S/C13H16N2/c1-4-12-7-5-6-8-13(12)15-11(3)9-10(2)14-15/h5-9H,4H2,1-3H3. The Morgan fingerprint density at radius 3 is 2.53 bits per heavy atom. The quantitative estimate of drug-likeness (QED) is 0.728. The molecule has 2 nitrogen and oxygen atoms in total. The van der Waals surface area contributed by atoms with Crippen LogP contribution in [-0.4, -0.2) is 9.78 Å². The Morgan fingerprint density at radius 1 is 1.20 bits per heavy atom. The minimum absolute atomic E-state index is 1.04. The van der Waals surface area contributed by atoms with Gasteiger partial charge in [0.1, 0.15) is 0 Å². The first-order valence-electron chi connectivity index (χ1n) is 5.34. The number of aryl methyl sites for hydroxylation is 3. The van der Waals surface area contributed by atoms with Gasteiger partial charge in [0.25, 0.3) is 0 Å². The lowest BCUT2D eigenvalue weighted by Crippen LogP contribution is -2.02. The number of rotatable bonds is 2. The third kappa shape index (κ3) is 1.80. The maximum atomic E-state index is 4.51. The molecule has 2 rings (SSSR count). The van der Waals surface area contributed by atoms with E-state index in [1.54, 1.807) is 0 Å². The van der Waals surface area contributed by atoms with Crippen LogP contribution in [0.25, 0.3) is 5.69 Å². The zero-order valence-electron chi connectivity index (χ0n) is 9.49. The van der Waals surface area contributed by atoms with Gasteiger partial charge in [0, 0.05) is 5.69 Å². The zero-order valence-corrected chi connectivity index (χ0v) is 9.49. The Labute approximate surface area is 90.6 Å². The summed E-state index contributed by atoms with van der Waals surface area (Å²) in [5, 5.41) is 4.51. The van der Waals surface area contributed by atoms with Crippen LogP contribution >= 0.6 is 0 Å². The fraction of sp³-hybridized carbons (Fsp3) is 0.308. The number of para-hydroxylation sites is 1. The van der Waals surface area contributed by atoms with Crippen LogP contribution in [-0.2, 0) is 6.42 Å². The highest BCUT2D eigenvalue weighted by Crippen LogP contribution is 2.16. The molecule has 0 atom stereocenters. The van der Waals surface area contributed by atoms with Crippen molar-refractivity contribution < 1.29 is 0 Å². The second-order valence-electron chi connectivity index (χ2n) is 3.82. The van der Waals surface area contributed by atoms with Gasteiger partial charge in [-0.1, -0.05) is 25.1 Å². The molecule has 0 saturated carbocycles. The first kappa shape index (κ1) is 9.97. The molecule has 0 saturated heterocycles. The summed E-state index contributed by atoms with van der Waals surface area (Å²) in [6.45, 7) is 6.29. The van der Waals surface area contributed by atoms with E-state index in [1.165, 1.54) is 16.9 Å². The van der Waals surface area contributed by atoms with Crippen LogP contribution in [0.1, 0.15) is 23.9 Å². The minimum Gasteiger partial charge on any atom is -0.238 e. The first-order valence-corrected chi connectivity index (χ1v) is 5.34. The highest BCUT2D eigenvalue weighted by Gasteiger charge is 2.06. The molecular formula is C13H16N2. The molecule has 0 amide bonds. The Bertz CT molecular complexity index is 469. The van der Waals surface area contributed by atoms with E-state index >= 15 is 0 Å². The average Bonchev–Trinajstić information content (AvgIpc) is 2.57. The van der Waals surface area contributed by atoms with Crippen molar-refractivity contribution in [3.05, 3.63) is 47.3 Å². The molecule has 0 radical (unpaired) electrons. The molecule has 0 unspecified atom stereocenters. The summed E-state index contributed by atoms with van der Waals surface area (Å²) in [4.78, 5) is 0. The summed E-state index contributed by atoms with van der Waals surface area (Å²) < 4.78 is 2.02. The second kappa shape index (κ2) is 3.89. The van der Waals surface area contributed by atoms with Crippen molar-refractivity contribution >= 4 is 0 Å². The smallest absolute Gasteiger partial charge is 0.0680 e. The molecule has 2 heteroatoms. The van der Waals surface area contributed by atoms with Gasteiger partial charge in [0.15, 0.2) is 0 Å². The second-order valence-corrected chi connectivity index (χ2v) is 3.82. The summed E-state index contributed by atoms with van der Waals surface area (Å²) in [6, 6.07) is 10.5. The van der Waals surface area contributed by atoms with E-state index in [-0.39, 0.29) is 0 Å². The Kier molecular flexibility index (Phi) is 2.58. The Balaban J connectivity index is 2.58. The molecule has 15 heavy (non-hydrogen) atoms. The van der Waals surface area contributed by atoms with Crippen LogP contribution in [0.15, 0.2) is 30.3 Å². The van der Waals surface area contributed by atoms with Gasteiger partial charge in [0.2, 0.25) is 0 Å². The van der Waals surface area contributed by atoms with Crippen LogP contribution < -0.4 is 0 Å². The van der Waals surface area contributed by atoms with E-state index in [4.69, 9.17) is 0 Å². The molecule has 0 aliphatic heterocycles. The van der Waals surface area contributed by atoms with Gasteiger partial charge in [-0.2, -0.15) is 5.10 Å². The lowest BCUT2D eigenvalue weighted by molar-refractivity contribution is 0.820. The summed E-state index contributed by atoms with van der Waals surface area (Å²) in [5.74, 6) is 0. The highest BCUT2D eigenvalue weighted by atomic mass is 15.3. The molecule has 78 valence electrons. The van der Waals surface area contributed by atoms with Crippen LogP contribution in [0.3, 0.4) is 0 Å². The van der Waals surface area contributed by atoms with E-state index in [0.717, 1.165) is 12.1 Å². The average molecular weight is 200 g/mol. The number of hydrogen-bond donors (Lipinski definition) is 0. The van der Waals surface area contributed by atoms with Gasteiger partial charge < -0.3 is 0 Å². The molecule has 0 aliphatic carbocycles. The van der Waals surface area contributed by atoms with Crippen LogP contribution in [0, 0.1) is 13.8 Å². The van der Waals surface area contributed by atoms with Crippen LogP contribution in [0.5, 0.6) is 0 Å². The van der Waals surface area contributed by atoms with Crippen molar-refractivity contribution in [3.63, 3.8) is 0 Å². The highest BCUT2D eigenvalue weighted by molar-refractivity contribution is 5.41. The van der Waals surface area contributed by atoms with Crippen molar-refractivity contribution in [1.29, 1.82) is 0 Å². The molecule has 0 N–H and O–H groups in total. The van der Waals surface area contributed by atoms with Gasteiger partial charge in [-0.3, -0.25) is 0 Å². The van der Waals surface area contributed by atoms with E-state index in [2.05, 4.69) is 49.3 Å². The normalized spacial score (nSPS) is 10.6. The SMILES string of the molecule is CCc1ccccc1-n1nc(C)cc1C. The Morgan fingerprint density at radius 2 is 1.93 bits per heavy atom. The summed E-state index contributed by atoms with van der Waals surface area (Å²) in [6.07, 6.45) is 1.04. The summed E-state index contributed by atoms with van der Waals surface area (Å²) >= 11 is 0. The number of nitrogens with zero attached hydrogens (tertiary/aromatic N) is 2. The summed E-state index contributed by atoms with van der Waals surface area (Å²) in [7, 11) is 0. The number of aromatic nitrogens is 2. The molecule has 0 fully saturated rings. The lowest BCUT2D eigenvalue weighted by Gasteiger charge is -2.09.